The van der Waals surface area contributed by atoms with Crippen molar-refractivity contribution < 1.29 is 9.15 Å². The number of furan rings is 1. The smallest absolute Gasteiger partial charge is 0.146 e. The van der Waals surface area contributed by atoms with Crippen molar-refractivity contribution in [2.24, 2.45) is 0 Å². The molecule has 113 valence electrons. The summed E-state index contributed by atoms with van der Waals surface area (Å²) in [6, 6.07) is 19.2. The summed E-state index contributed by atoms with van der Waals surface area (Å²) in [4.78, 5) is 0. The molecule has 0 aliphatic heterocycles. The zero-order valence-electron chi connectivity index (χ0n) is 12.7. The maximum Gasteiger partial charge on any atom is 0.146 e. The number of benzene rings is 2. The molecule has 2 aromatic carbocycles. The van der Waals surface area contributed by atoms with Gasteiger partial charge in [-0.05, 0) is 17.7 Å². The number of hydrogen-bond donors (Lipinski definition) is 0. The van der Waals surface area contributed by atoms with Crippen LogP contribution in [0.2, 0.25) is 0 Å². The third-order valence-electron chi connectivity index (χ3n) is 3.73. The van der Waals surface area contributed by atoms with Crippen LogP contribution in [0.5, 0.6) is 5.75 Å². The second-order valence-electron chi connectivity index (χ2n) is 5.33. The lowest BCUT2D eigenvalue weighted by molar-refractivity contribution is 0.414. The van der Waals surface area contributed by atoms with Crippen LogP contribution in [0.1, 0.15) is 5.56 Å². The normalized spacial score (nSPS) is 11.0. The van der Waals surface area contributed by atoms with Gasteiger partial charge in [-0.15, -0.1) is 0 Å². The van der Waals surface area contributed by atoms with E-state index in [1.807, 2.05) is 47.3 Å². The molecule has 0 saturated heterocycles. The average molecular weight is 303 g/mol. The molecule has 0 spiro atoms. The van der Waals surface area contributed by atoms with Crippen molar-refractivity contribution in [3.05, 3.63) is 72.6 Å². The number of hydrogen-bond acceptors (Lipinski definition) is 3. The summed E-state index contributed by atoms with van der Waals surface area (Å²) in [5.41, 5.74) is 2.88. The third kappa shape index (κ3) is 2.71. The van der Waals surface area contributed by atoms with E-state index in [1.165, 1.54) is 5.56 Å². The molecule has 0 aliphatic carbocycles. The van der Waals surface area contributed by atoms with Gasteiger partial charge in [0.25, 0.3) is 0 Å². The lowest BCUT2D eigenvalue weighted by Gasteiger charge is -2.00. The van der Waals surface area contributed by atoms with Crippen LogP contribution in [-0.2, 0) is 6.54 Å². The van der Waals surface area contributed by atoms with Crippen molar-refractivity contribution in [2.45, 2.75) is 6.54 Å². The molecule has 0 bridgehead atoms. The Morgan fingerprint density at radius 3 is 2.87 bits per heavy atom. The Labute approximate surface area is 133 Å². The molecule has 4 rings (SSSR count). The molecule has 4 heteroatoms. The van der Waals surface area contributed by atoms with Gasteiger partial charge in [0.2, 0.25) is 0 Å². The highest BCUT2D eigenvalue weighted by Gasteiger charge is 2.10. The molecule has 0 unspecified atom stereocenters. The maximum absolute atomic E-state index is 5.87. The Morgan fingerprint density at radius 1 is 1.17 bits per heavy atom. The fourth-order valence-electron chi connectivity index (χ4n) is 2.54. The number of ether oxygens (including phenoxy) is 1. The lowest BCUT2D eigenvalue weighted by atomic mass is 10.2. The number of aromatic nitrogens is 2. The Bertz CT molecular complexity index is 938. The van der Waals surface area contributed by atoms with Gasteiger partial charge < -0.3 is 9.15 Å². The van der Waals surface area contributed by atoms with E-state index in [0.29, 0.717) is 5.76 Å². The molecule has 0 saturated carbocycles. The molecule has 2 aromatic heterocycles. The fourth-order valence-corrected chi connectivity index (χ4v) is 2.54. The predicted octanol–water partition coefficient (Wildman–Crippen LogP) is 4.15. The minimum atomic E-state index is 0.688. The molecule has 1 radical (unpaired) electrons. The summed E-state index contributed by atoms with van der Waals surface area (Å²) in [6.07, 6.45) is 3.77. The summed E-state index contributed by atoms with van der Waals surface area (Å²) in [5.74, 6) is 1.46. The lowest BCUT2D eigenvalue weighted by Crippen LogP contribution is -1.98. The van der Waals surface area contributed by atoms with E-state index >= 15 is 0 Å². The van der Waals surface area contributed by atoms with Gasteiger partial charge in [0.15, 0.2) is 0 Å². The summed E-state index contributed by atoms with van der Waals surface area (Å²) >= 11 is 0. The van der Waals surface area contributed by atoms with Crippen molar-refractivity contribution in [3.8, 4) is 17.1 Å². The zero-order valence-corrected chi connectivity index (χ0v) is 12.7. The van der Waals surface area contributed by atoms with Crippen molar-refractivity contribution in [1.29, 1.82) is 0 Å². The van der Waals surface area contributed by atoms with Crippen LogP contribution in [-0.4, -0.2) is 16.9 Å². The highest BCUT2D eigenvalue weighted by molar-refractivity contribution is 5.82. The summed E-state index contributed by atoms with van der Waals surface area (Å²) in [5, 5.41) is 5.33. The first-order valence-electron chi connectivity index (χ1n) is 7.38. The van der Waals surface area contributed by atoms with Gasteiger partial charge in [-0.3, -0.25) is 4.68 Å². The number of fused-ring (bicyclic) bond motifs is 1. The first kappa shape index (κ1) is 13.6. The van der Waals surface area contributed by atoms with Crippen molar-refractivity contribution in [2.75, 3.05) is 7.11 Å². The Morgan fingerprint density at radius 2 is 2.04 bits per heavy atom. The highest BCUT2D eigenvalue weighted by atomic mass is 16.5. The van der Waals surface area contributed by atoms with E-state index in [1.54, 1.807) is 13.3 Å². The summed E-state index contributed by atoms with van der Waals surface area (Å²) in [6.45, 7) is 0.731. The molecule has 0 atom stereocenters. The highest BCUT2D eigenvalue weighted by Crippen LogP contribution is 2.29. The van der Waals surface area contributed by atoms with E-state index in [9.17, 15) is 0 Å². The first-order valence-corrected chi connectivity index (χ1v) is 7.38. The molecule has 0 fully saturated rings. The van der Waals surface area contributed by atoms with Crippen LogP contribution in [0.15, 0.2) is 65.3 Å². The summed E-state index contributed by atoms with van der Waals surface area (Å²) in [7, 11) is 1.64. The van der Waals surface area contributed by atoms with Gasteiger partial charge in [-0.2, -0.15) is 5.10 Å². The van der Waals surface area contributed by atoms with E-state index < -0.39 is 0 Å². The summed E-state index contributed by atoms with van der Waals surface area (Å²) < 4.78 is 13.0. The van der Waals surface area contributed by atoms with Crippen LogP contribution in [0.4, 0.5) is 0 Å². The zero-order chi connectivity index (χ0) is 15.6. The fraction of sp³-hybridized carbons (Fsp3) is 0.105. The minimum absolute atomic E-state index is 0.688. The number of methoxy groups -OCH3 is 1. The second-order valence-corrected chi connectivity index (χ2v) is 5.33. The van der Waals surface area contributed by atoms with Gasteiger partial charge in [0.1, 0.15) is 17.1 Å². The van der Waals surface area contributed by atoms with Crippen molar-refractivity contribution >= 4 is 11.0 Å². The van der Waals surface area contributed by atoms with Gasteiger partial charge in [-0.1, -0.05) is 30.3 Å². The van der Waals surface area contributed by atoms with Crippen LogP contribution in [0.3, 0.4) is 0 Å². The molecular formula is C19H15N2O2. The van der Waals surface area contributed by atoms with Crippen molar-refractivity contribution in [1.82, 2.24) is 9.78 Å². The topological polar surface area (TPSA) is 40.2 Å². The standard InChI is InChI=1S/C19H15N2O2/c1-22-17-8-7-15-9-18(23-19(15)10-17)16-11-20-21(13-16)12-14-5-3-2-4-6-14/h2-8,10-11,13H,12H2,1H3. The van der Waals surface area contributed by atoms with E-state index in [0.717, 1.165) is 28.8 Å². The van der Waals surface area contributed by atoms with Crippen LogP contribution >= 0.6 is 0 Å². The Kier molecular flexibility index (Phi) is 3.35. The van der Waals surface area contributed by atoms with Gasteiger partial charge >= 0.3 is 0 Å². The monoisotopic (exact) mass is 303 g/mol. The molecule has 0 amide bonds. The number of nitrogens with zero attached hydrogens (tertiary/aromatic N) is 2. The van der Waals surface area contributed by atoms with Crippen LogP contribution in [0, 0.1) is 6.07 Å². The van der Waals surface area contributed by atoms with Crippen LogP contribution < -0.4 is 4.74 Å². The molecule has 2 heterocycles. The molecule has 0 N–H and O–H groups in total. The first-order chi connectivity index (χ1) is 11.3. The molecule has 4 nitrogen and oxygen atoms in total. The molecular weight excluding hydrogens is 288 g/mol. The van der Waals surface area contributed by atoms with Gasteiger partial charge in [0, 0.05) is 23.7 Å². The predicted molar refractivity (Wildman–Crippen MR) is 88.4 cm³/mol. The quantitative estimate of drug-likeness (QED) is 0.568. The number of rotatable bonds is 4. The van der Waals surface area contributed by atoms with Gasteiger partial charge in [-0.25, -0.2) is 0 Å². The van der Waals surface area contributed by atoms with Crippen molar-refractivity contribution in [3.63, 3.8) is 0 Å². The Balaban J connectivity index is 1.63. The minimum Gasteiger partial charge on any atom is -0.497 e. The Hall–Kier alpha value is -3.01. The average Bonchev–Trinajstić information content (AvgIpc) is 3.21. The van der Waals surface area contributed by atoms with Gasteiger partial charge in [0.05, 0.1) is 25.4 Å². The molecule has 0 aliphatic rings. The second kappa shape index (κ2) is 5.65. The SMILES string of the molecule is COc1ccc2[c]c(-c3cnn(Cc4ccccc4)c3)oc2c1. The third-order valence-corrected chi connectivity index (χ3v) is 3.73. The van der Waals surface area contributed by atoms with Crippen LogP contribution in [0.25, 0.3) is 22.3 Å². The largest absolute Gasteiger partial charge is 0.497 e. The van der Waals surface area contributed by atoms with E-state index in [2.05, 4.69) is 23.3 Å². The molecule has 23 heavy (non-hydrogen) atoms. The van der Waals surface area contributed by atoms with E-state index in [4.69, 9.17) is 9.15 Å². The molecule has 4 aromatic rings. The maximum atomic E-state index is 5.87. The van der Waals surface area contributed by atoms with E-state index in [-0.39, 0.29) is 0 Å².